The summed E-state index contributed by atoms with van der Waals surface area (Å²) in [4.78, 5) is 0. The molecule has 3 nitrogen and oxygen atoms in total. The summed E-state index contributed by atoms with van der Waals surface area (Å²) >= 11 is 0. The fourth-order valence-corrected chi connectivity index (χ4v) is 3.99. The van der Waals surface area contributed by atoms with E-state index in [2.05, 4.69) is 19.3 Å². The van der Waals surface area contributed by atoms with E-state index < -0.39 is 0 Å². The molecule has 0 amide bonds. The minimum absolute atomic E-state index is 0.161. The predicted molar refractivity (Wildman–Crippen MR) is 70.4 cm³/mol. The van der Waals surface area contributed by atoms with E-state index in [-0.39, 0.29) is 11.6 Å². The van der Waals surface area contributed by atoms with Crippen LogP contribution >= 0.6 is 0 Å². The zero-order chi connectivity index (χ0) is 12.5. The first-order valence-electron chi connectivity index (χ1n) is 7.17. The van der Waals surface area contributed by atoms with Gasteiger partial charge in [0.15, 0.2) is 0 Å². The summed E-state index contributed by atoms with van der Waals surface area (Å²) in [6, 6.07) is 0.270. The van der Waals surface area contributed by atoms with E-state index in [4.69, 9.17) is 10.6 Å². The minimum atomic E-state index is -0.161. The van der Waals surface area contributed by atoms with Gasteiger partial charge in [-0.3, -0.25) is 11.3 Å². The summed E-state index contributed by atoms with van der Waals surface area (Å²) in [6.45, 7) is 7.09. The Morgan fingerprint density at radius 3 is 2.59 bits per heavy atom. The van der Waals surface area contributed by atoms with Gasteiger partial charge in [-0.05, 0) is 64.2 Å². The molecule has 2 fully saturated rings. The van der Waals surface area contributed by atoms with Crippen LogP contribution in [0.2, 0.25) is 0 Å². The highest BCUT2D eigenvalue weighted by Crippen LogP contribution is 2.50. The molecule has 4 atom stereocenters. The lowest BCUT2D eigenvalue weighted by molar-refractivity contribution is -0.0454. The van der Waals surface area contributed by atoms with E-state index in [1.165, 1.54) is 32.1 Å². The minimum Gasteiger partial charge on any atom is -0.374 e. The second kappa shape index (κ2) is 5.25. The molecule has 4 unspecified atom stereocenters. The van der Waals surface area contributed by atoms with Crippen molar-refractivity contribution in [2.45, 2.75) is 64.5 Å². The Labute approximate surface area is 105 Å². The van der Waals surface area contributed by atoms with Crippen molar-refractivity contribution in [3.8, 4) is 0 Å². The second-order valence-electron chi connectivity index (χ2n) is 6.43. The van der Waals surface area contributed by atoms with E-state index >= 15 is 0 Å². The third-order valence-electron chi connectivity index (χ3n) is 4.98. The Bertz CT molecular complexity index is 255. The van der Waals surface area contributed by atoms with Gasteiger partial charge in [-0.15, -0.1) is 0 Å². The van der Waals surface area contributed by atoms with Crippen molar-refractivity contribution in [2.75, 3.05) is 6.61 Å². The van der Waals surface area contributed by atoms with E-state index in [0.29, 0.717) is 0 Å². The number of fused-ring (bicyclic) bond motifs is 2. The summed E-state index contributed by atoms with van der Waals surface area (Å²) in [7, 11) is 0. The lowest BCUT2D eigenvalue weighted by Gasteiger charge is -2.36. The zero-order valence-corrected chi connectivity index (χ0v) is 11.5. The second-order valence-corrected chi connectivity index (χ2v) is 6.43. The molecule has 0 aromatic heterocycles. The number of hydrogen-bond acceptors (Lipinski definition) is 3. The molecular formula is C14H28N2O. The van der Waals surface area contributed by atoms with E-state index in [1.807, 2.05) is 6.92 Å². The third kappa shape index (κ3) is 2.83. The van der Waals surface area contributed by atoms with Gasteiger partial charge in [0, 0.05) is 12.6 Å². The highest BCUT2D eigenvalue weighted by molar-refractivity contribution is 4.94. The molecule has 0 aliphatic heterocycles. The van der Waals surface area contributed by atoms with Gasteiger partial charge in [0.25, 0.3) is 0 Å². The molecular weight excluding hydrogens is 212 g/mol. The van der Waals surface area contributed by atoms with Crippen molar-refractivity contribution in [3.63, 3.8) is 0 Å². The van der Waals surface area contributed by atoms with Gasteiger partial charge in [0.1, 0.15) is 0 Å². The number of hydrogen-bond donors (Lipinski definition) is 2. The van der Waals surface area contributed by atoms with Crippen LogP contribution in [0.15, 0.2) is 0 Å². The lowest BCUT2D eigenvalue weighted by Crippen LogP contribution is -2.52. The number of nitrogens with one attached hydrogen (secondary N) is 1. The number of hydrazine groups is 1. The molecule has 0 saturated heterocycles. The molecule has 2 aliphatic rings. The molecule has 0 heterocycles. The first kappa shape index (κ1) is 13.3. The normalized spacial score (nSPS) is 34.2. The molecule has 2 bridgehead atoms. The SMILES string of the molecule is CCOC(C)(C)C(CC1CC2CCC1C2)NN. The number of rotatable bonds is 6. The summed E-state index contributed by atoms with van der Waals surface area (Å²) in [6.07, 6.45) is 6.98. The Morgan fingerprint density at radius 1 is 1.35 bits per heavy atom. The summed E-state index contributed by atoms with van der Waals surface area (Å²) < 4.78 is 5.83. The van der Waals surface area contributed by atoms with Crippen LogP contribution in [0.5, 0.6) is 0 Å². The van der Waals surface area contributed by atoms with E-state index in [9.17, 15) is 0 Å². The quantitative estimate of drug-likeness (QED) is 0.554. The highest BCUT2D eigenvalue weighted by Gasteiger charge is 2.42. The van der Waals surface area contributed by atoms with Gasteiger partial charge in [0.05, 0.1) is 5.60 Å². The largest absolute Gasteiger partial charge is 0.374 e. The summed E-state index contributed by atoms with van der Waals surface area (Å²) in [5, 5.41) is 0. The van der Waals surface area contributed by atoms with Crippen LogP contribution in [0.4, 0.5) is 0 Å². The monoisotopic (exact) mass is 240 g/mol. The molecule has 2 rings (SSSR count). The van der Waals surface area contributed by atoms with Crippen LogP contribution < -0.4 is 11.3 Å². The average Bonchev–Trinajstić information content (AvgIpc) is 2.87. The van der Waals surface area contributed by atoms with Crippen molar-refractivity contribution < 1.29 is 4.74 Å². The van der Waals surface area contributed by atoms with Gasteiger partial charge >= 0.3 is 0 Å². The van der Waals surface area contributed by atoms with Crippen molar-refractivity contribution in [1.82, 2.24) is 5.43 Å². The highest BCUT2D eigenvalue weighted by atomic mass is 16.5. The van der Waals surface area contributed by atoms with Crippen LogP contribution in [0.3, 0.4) is 0 Å². The third-order valence-corrected chi connectivity index (χ3v) is 4.98. The zero-order valence-electron chi connectivity index (χ0n) is 11.5. The Balaban J connectivity index is 1.91. The maximum absolute atomic E-state index is 5.83. The van der Waals surface area contributed by atoms with Gasteiger partial charge in [0.2, 0.25) is 0 Å². The van der Waals surface area contributed by atoms with Crippen LogP contribution in [0.25, 0.3) is 0 Å². The molecule has 3 N–H and O–H groups in total. The van der Waals surface area contributed by atoms with Crippen LogP contribution in [0, 0.1) is 17.8 Å². The molecule has 2 aliphatic carbocycles. The fraction of sp³-hybridized carbons (Fsp3) is 1.00. The van der Waals surface area contributed by atoms with Crippen LogP contribution in [-0.4, -0.2) is 18.2 Å². The maximum atomic E-state index is 5.83. The summed E-state index contributed by atoms with van der Waals surface area (Å²) in [5.74, 6) is 8.58. The summed E-state index contributed by atoms with van der Waals surface area (Å²) in [5.41, 5.74) is 2.83. The Kier molecular flexibility index (Phi) is 4.11. The van der Waals surface area contributed by atoms with Crippen molar-refractivity contribution >= 4 is 0 Å². The Hall–Kier alpha value is -0.120. The van der Waals surface area contributed by atoms with Gasteiger partial charge < -0.3 is 4.74 Å². The van der Waals surface area contributed by atoms with Crippen molar-refractivity contribution in [2.24, 2.45) is 23.6 Å². The number of nitrogens with two attached hydrogens (primary N) is 1. The smallest absolute Gasteiger partial charge is 0.0792 e. The average molecular weight is 240 g/mol. The molecule has 0 aromatic rings. The van der Waals surface area contributed by atoms with Gasteiger partial charge in [-0.1, -0.05) is 6.42 Å². The first-order valence-corrected chi connectivity index (χ1v) is 7.17. The van der Waals surface area contributed by atoms with Gasteiger partial charge in [-0.25, -0.2) is 0 Å². The molecule has 17 heavy (non-hydrogen) atoms. The van der Waals surface area contributed by atoms with Crippen molar-refractivity contribution in [1.29, 1.82) is 0 Å². The maximum Gasteiger partial charge on any atom is 0.0792 e. The molecule has 3 heteroatoms. The fourth-order valence-electron chi connectivity index (χ4n) is 3.99. The standard InChI is InChI=1S/C14H28N2O/c1-4-17-14(2,3)13(16-15)9-12-8-10-5-6-11(12)7-10/h10-13,16H,4-9,15H2,1-3H3. The number of ether oxygens (including phenoxy) is 1. The van der Waals surface area contributed by atoms with Crippen LogP contribution in [-0.2, 0) is 4.74 Å². The topological polar surface area (TPSA) is 47.3 Å². The lowest BCUT2D eigenvalue weighted by atomic mass is 9.81. The molecule has 100 valence electrons. The van der Waals surface area contributed by atoms with Gasteiger partial charge in [-0.2, -0.15) is 0 Å². The molecule has 0 aromatic carbocycles. The van der Waals surface area contributed by atoms with Crippen molar-refractivity contribution in [3.05, 3.63) is 0 Å². The molecule has 2 saturated carbocycles. The van der Waals surface area contributed by atoms with E-state index in [1.54, 1.807) is 0 Å². The predicted octanol–water partition coefficient (Wildman–Crippen LogP) is 2.46. The molecule has 0 radical (unpaired) electrons. The van der Waals surface area contributed by atoms with Crippen LogP contribution in [0.1, 0.15) is 52.9 Å². The molecule has 0 spiro atoms. The first-order chi connectivity index (χ1) is 8.06. The Morgan fingerprint density at radius 2 is 2.12 bits per heavy atom. The van der Waals surface area contributed by atoms with E-state index in [0.717, 1.165) is 24.4 Å².